The van der Waals surface area contributed by atoms with Crippen LogP contribution in [0, 0.1) is 13.8 Å². The Kier molecular flexibility index (Phi) is 4.40. The number of halogens is 3. The Labute approximate surface area is 165 Å². The maximum Gasteiger partial charge on any atom is 0.418 e. The summed E-state index contributed by atoms with van der Waals surface area (Å²) in [5.41, 5.74) is 1.67. The summed E-state index contributed by atoms with van der Waals surface area (Å²) in [4.78, 5) is 22.9. The lowest BCUT2D eigenvalue weighted by atomic mass is 10.0. The molecule has 0 saturated carbocycles. The molecule has 0 radical (unpaired) electrons. The van der Waals surface area contributed by atoms with Gasteiger partial charge in [0.05, 0.1) is 23.5 Å². The average Bonchev–Trinajstić information content (AvgIpc) is 3.09. The Morgan fingerprint density at radius 2 is 1.93 bits per heavy atom. The fourth-order valence-corrected chi connectivity index (χ4v) is 3.58. The number of pyridine rings is 2. The van der Waals surface area contributed by atoms with Crippen molar-refractivity contribution in [3.8, 4) is 11.1 Å². The Balaban J connectivity index is 1.77. The monoisotopic (exact) mass is 401 g/mol. The van der Waals surface area contributed by atoms with E-state index in [2.05, 4.69) is 15.1 Å². The molecule has 0 aliphatic carbocycles. The number of amides is 1. The first-order valence-corrected chi connectivity index (χ1v) is 9.04. The molecule has 9 heteroatoms. The van der Waals surface area contributed by atoms with Crippen LogP contribution in [0.25, 0.3) is 11.1 Å². The lowest BCUT2D eigenvalue weighted by Crippen LogP contribution is -2.43. The molecule has 1 aliphatic heterocycles. The number of aryl methyl sites for hydroxylation is 2. The fourth-order valence-electron chi connectivity index (χ4n) is 3.58. The zero-order valence-corrected chi connectivity index (χ0v) is 16.0. The molecule has 1 aliphatic rings. The summed E-state index contributed by atoms with van der Waals surface area (Å²) in [7, 11) is 0. The Morgan fingerprint density at radius 1 is 1.17 bits per heavy atom. The Bertz CT molecular complexity index is 1110. The van der Waals surface area contributed by atoms with Gasteiger partial charge < -0.3 is 0 Å². The van der Waals surface area contributed by atoms with Gasteiger partial charge in [0.15, 0.2) is 0 Å². The quantitative estimate of drug-likeness (QED) is 0.646. The van der Waals surface area contributed by atoms with Crippen molar-refractivity contribution in [1.29, 1.82) is 0 Å². The van der Waals surface area contributed by atoms with Gasteiger partial charge >= 0.3 is 6.18 Å². The van der Waals surface area contributed by atoms with E-state index in [4.69, 9.17) is 0 Å². The summed E-state index contributed by atoms with van der Waals surface area (Å²) in [5.74, 6) is -0.159. The number of nitrogens with zero attached hydrogens (tertiary/aromatic N) is 5. The van der Waals surface area contributed by atoms with Gasteiger partial charge in [-0.2, -0.15) is 18.3 Å². The summed E-state index contributed by atoms with van der Waals surface area (Å²) in [6, 6.07) is 5.69. The van der Waals surface area contributed by atoms with Crippen LogP contribution in [-0.4, -0.2) is 32.2 Å². The van der Waals surface area contributed by atoms with Crippen molar-refractivity contribution in [3.05, 3.63) is 59.3 Å². The maximum absolute atomic E-state index is 13.3. The van der Waals surface area contributed by atoms with E-state index in [1.54, 1.807) is 23.1 Å². The molecule has 0 fully saturated rings. The van der Waals surface area contributed by atoms with Crippen LogP contribution in [0.2, 0.25) is 0 Å². The molecule has 6 nitrogen and oxygen atoms in total. The molecule has 3 aromatic heterocycles. The highest BCUT2D eigenvalue weighted by molar-refractivity contribution is 6.09. The SMILES string of the molecule is Cc1cc(-c2cnn3c2C(=O)N(c2ccc(C(F)(F)F)c(C)n2)CC3C)ccn1. The summed E-state index contributed by atoms with van der Waals surface area (Å²) in [6.07, 6.45) is -1.20. The predicted octanol–water partition coefficient (Wildman–Crippen LogP) is 4.20. The lowest BCUT2D eigenvalue weighted by Gasteiger charge is -2.32. The third-order valence-electron chi connectivity index (χ3n) is 4.97. The van der Waals surface area contributed by atoms with E-state index in [-0.39, 0.29) is 30.0 Å². The van der Waals surface area contributed by atoms with Gasteiger partial charge in [-0.1, -0.05) is 0 Å². The van der Waals surface area contributed by atoms with Crippen molar-refractivity contribution in [2.45, 2.75) is 33.0 Å². The standard InChI is InChI=1S/C20H18F3N5O/c1-11-8-14(6-7-24-11)15-9-25-28-12(2)10-27(19(29)18(15)28)17-5-4-16(13(3)26-17)20(21,22)23/h4-9,12H,10H2,1-3H3. The third kappa shape index (κ3) is 3.26. The second-order valence-electron chi connectivity index (χ2n) is 7.10. The van der Waals surface area contributed by atoms with Gasteiger partial charge in [0.25, 0.3) is 5.91 Å². The first-order chi connectivity index (χ1) is 13.7. The smallest absolute Gasteiger partial charge is 0.289 e. The Hall–Kier alpha value is -3.23. The van der Waals surface area contributed by atoms with E-state index in [9.17, 15) is 18.0 Å². The first-order valence-electron chi connectivity index (χ1n) is 9.04. The molecule has 0 bridgehead atoms. The van der Waals surface area contributed by atoms with Crippen LogP contribution in [0.3, 0.4) is 0 Å². The molecule has 1 unspecified atom stereocenters. The van der Waals surface area contributed by atoms with Crippen LogP contribution >= 0.6 is 0 Å². The van der Waals surface area contributed by atoms with Crippen molar-refractivity contribution in [3.63, 3.8) is 0 Å². The number of hydrogen-bond acceptors (Lipinski definition) is 4. The second-order valence-corrected chi connectivity index (χ2v) is 7.10. The van der Waals surface area contributed by atoms with Crippen molar-refractivity contribution in [2.75, 3.05) is 11.4 Å². The van der Waals surface area contributed by atoms with Gasteiger partial charge in [0.2, 0.25) is 0 Å². The third-order valence-corrected chi connectivity index (χ3v) is 4.97. The number of aromatic nitrogens is 4. The van der Waals surface area contributed by atoms with E-state index < -0.39 is 11.7 Å². The molecule has 0 saturated heterocycles. The van der Waals surface area contributed by atoms with Crippen molar-refractivity contribution in [1.82, 2.24) is 19.7 Å². The zero-order chi connectivity index (χ0) is 20.9. The second kappa shape index (κ2) is 6.68. The number of alkyl halides is 3. The number of carbonyl (C=O) groups excluding carboxylic acids is 1. The fraction of sp³-hybridized carbons (Fsp3) is 0.300. The number of carbonyl (C=O) groups is 1. The van der Waals surface area contributed by atoms with Gasteiger partial charge in [0, 0.05) is 24.0 Å². The highest BCUT2D eigenvalue weighted by Gasteiger charge is 2.36. The largest absolute Gasteiger partial charge is 0.418 e. The van der Waals surface area contributed by atoms with Gasteiger partial charge in [0.1, 0.15) is 11.5 Å². The van der Waals surface area contributed by atoms with Gasteiger partial charge in [-0.3, -0.25) is 19.4 Å². The van der Waals surface area contributed by atoms with Crippen molar-refractivity contribution < 1.29 is 18.0 Å². The van der Waals surface area contributed by atoms with E-state index in [1.807, 2.05) is 19.9 Å². The minimum absolute atomic E-state index is 0.163. The average molecular weight is 401 g/mol. The van der Waals surface area contributed by atoms with Crippen LogP contribution in [0.4, 0.5) is 19.0 Å². The van der Waals surface area contributed by atoms with Gasteiger partial charge in [-0.15, -0.1) is 0 Å². The van der Waals surface area contributed by atoms with Crippen molar-refractivity contribution in [2.24, 2.45) is 0 Å². The zero-order valence-electron chi connectivity index (χ0n) is 16.0. The van der Waals surface area contributed by atoms with Crippen molar-refractivity contribution >= 4 is 11.7 Å². The topological polar surface area (TPSA) is 63.9 Å². The van der Waals surface area contributed by atoms with E-state index >= 15 is 0 Å². The summed E-state index contributed by atoms with van der Waals surface area (Å²) in [6.45, 7) is 5.30. The molecule has 150 valence electrons. The minimum Gasteiger partial charge on any atom is -0.289 e. The number of anilines is 1. The molecule has 0 spiro atoms. The Morgan fingerprint density at radius 3 is 2.59 bits per heavy atom. The van der Waals surface area contributed by atoms with Gasteiger partial charge in [-0.05, 0) is 50.6 Å². The maximum atomic E-state index is 13.3. The molecule has 0 aromatic carbocycles. The molecule has 29 heavy (non-hydrogen) atoms. The van der Waals surface area contributed by atoms with Crippen LogP contribution in [0.15, 0.2) is 36.7 Å². The summed E-state index contributed by atoms with van der Waals surface area (Å²) < 4.78 is 40.8. The normalized spacial score (nSPS) is 16.8. The number of fused-ring (bicyclic) bond motifs is 1. The van der Waals surface area contributed by atoms with E-state index in [0.29, 0.717) is 11.3 Å². The van der Waals surface area contributed by atoms with Crippen LogP contribution in [0.1, 0.15) is 40.4 Å². The van der Waals surface area contributed by atoms with Crippen LogP contribution in [-0.2, 0) is 6.18 Å². The van der Waals surface area contributed by atoms with Crippen LogP contribution in [0.5, 0.6) is 0 Å². The molecule has 0 N–H and O–H groups in total. The van der Waals surface area contributed by atoms with Crippen LogP contribution < -0.4 is 4.90 Å². The summed E-state index contributed by atoms with van der Waals surface area (Å²) in [5, 5.41) is 4.37. The molecular formula is C20H18F3N5O. The van der Waals surface area contributed by atoms with Gasteiger partial charge in [-0.25, -0.2) is 4.98 Å². The predicted molar refractivity (Wildman–Crippen MR) is 101 cm³/mol. The molecule has 4 rings (SSSR count). The molecule has 1 atom stereocenters. The molecule has 4 heterocycles. The highest BCUT2D eigenvalue weighted by Crippen LogP contribution is 2.35. The van der Waals surface area contributed by atoms with E-state index in [0.717, 1.165) is 17.3 Å². The lowest BCUT2D eigenvalue weighted by molar-refractivity contribution is -0.138. The minimum atomic E-state index is -4.49. The number of rotatable bonds is 2. The van der Waals surface area contributed by atoms with E-state index in [1.165, 1.54) is 17.9 Å². The highest BCUT2D eigenvalue weighted by atomic mass is 19.4. The molecule has 3 aromatic rings. The summed E-state index contributed by atoms with van der Waals surface area (Å²) >= 11 is 0. The molecule has 1 amide bonds. The first kappa shape index (κ1) is 19.1. The molecular weight excluding hydrogens is 383 g/mol. The number of hydrogen-bond donors (Lipinski definition) is 0.